The van der Waals surface area contributed by atoms with E-state index in [9.17, 15) is 4.79 Å². The minimum absolute atomic E-state index is 0.0441. The van der Waals surface area contributed by atoms with Crippen molar-refractivity contribution < 1.29 is 4.79 Å². The topological polar surface area (TPSA) is 59.8 Å². The van der Waals surface area contributed by atoms with Crippen molar-refractivity contribution >= 4 is 23.4 Å². The number of thioether (sulfide) groups is 1. The number of aryl methyl sites for hydroxylation is 2. The van der Waals surface area contributed by atoms with Crippen LogP contribution < -0.4 is 5.32 Å². The summed E-state index contributed by atoms with van der Waals surface area (Å²) >= 11 is 1.38. The van der Waals surface area contributed by atoms with Crippen LogP contribution in [0.5, 0.6) is 0 Å². The summed E-state index contributed by atoms with van der Waals surface area (Å²) in [6.45, 7) is 4.42. The molecule has 1 heterocycles. The molecule has 0 saturated carbocycles. The van der Waals surface area contributed by atoms with Crippen molar-refractivity contribution in [2.24, 2.45) is 0 Å². The lowest BCUT2D eigenvalue weighted by molar-refractivity contribution is -0.113. The van der Waals surface area contributed by atoms with E-state index in [1.54, 1.807) is 0 Å². The van der Waals surface area contributed by atoms with E-state index in [1.165, 1.54) is 29.3 Å². The second-order valence-corrected chi connectivity index (χ2v) is 7.69. The Labute approximate surface area is 168 Å². The number of hydrogen-bond donors (Lipinski definition) is 1. The number of amides is 1. The Kier molecular flexibility index (Phi) is 5.58. The van der Waals surface area contributed by atoms with E-state index in [2.05, 4.69) is 34.2 Å². The van der Waals surface area contributed by atoms with Crippen LogP contribution in [-0.2, 0) is 24.2 Å². The fourth-order valence-electron chi connectivity index (χ4n) is 3.47. The Morgan fingerprint density at radius 2 is 1.96 bits per heavy atom. The number of allylic oxidation sites excluding steroid dienone is 1. The van der Waals surface area contributed by atoms with Crippen molar-refractivity contribution in [1.29, 1.82) is 0 Å². The zero-order chi connectivity index (χ0) is 19.3. The third-order valence-electron chi connectivity index (χ3n) is 4.78. The van der Waals surface area contributed by atoms with Crippen LogP contribution in [0.3, 0.4) is 0 Å². The average Bonchev–Trinajstić information content (AvgIpc) is 3.34. The van der Waals surface area contributed by atoms with Crippen molar-refractivity contribution in [3.8, 4) is 11.4 Å². The third kappa shape index (κ3) is 4.02. The maximum atomic E-state index is 12.4. The van der Waals surface area contributed by atoms with Gasteiger partial charge >= 0.3 is 0 Å². The van der Waals surface area contributed by atoms with Crippen molar-refractivity contribution in [3.05, 3.63) is 72.3 Å². The van der Waals surface area contributed by atoms with Gasteiger partial charge in [0, 0.05) is 17.8 Å². The van der Waals surface area contributed by atoms with Gasteiger partial charge in [0.1, 0.15) is 0 Å². The van der Waals surface area contributed by atoms with Gasteiger partial charge in [0.2, 0.25) is 5.91 Å². The van der Waals surface area contributed by atoms with Crippen molar-refractivity contribution in [2.45, 2.75) is 31.0 Å². The third-order valence-corrected chi connectivity index (χ3v) is 5.74. The molecule has 0 spiro atoms. The van der Waals surface area contributed by atoms with Crippen LogP contribution >= 0.6 is 11.8 Å². The largest absolute Gasteiger partial charge is 0.325 e. The first kappa shape index (κ1) is 18.5. The Morgan fingerprint density at radius 3 is 2.79 bits per heavy atom. The van der Waals surface area contributed by atoms with Gasteiger partial charge in [-0.15, -0.1) is 16.8 Å². The molecular weight excluding hydrogens is 368 g/mol. The Bertz CT molecular complexity index is 997. The summed E-state index contributed by atoms with van der Waals surface area (Å²) in [6.07, 6.45) is 5.25. The average molecular weight is 391 g/mol. The number of aromatic nitrogens is 3. The monoisotopic (exact) mass is 390 g/mol. The smallest absolute Gasteiger partial charge is 0.234 e. The molecule has 28 heavy (non-hydrogen) atoms. The van der Waals surface area contributed by atoms with Crippen LogP contribution in [0.25, 0.3) is 11.4 Å². The quantitative estimate of drug-likeness (QED) is 0.481. The molecule has 1 aromatic heterocycles. The van der Waals surface area contributed by atoms with Crippen LogP contribution in [-0.4, -0.2) is 26.4 Å². The molecule has 6 heteroatoms. The summed E-state index contributed by atoms with van der Waals surface area (Å²) < 4.78 is 1.98. The number of nitrogens with one attached hydrogen (secondary N) is 1. The van der Waals surface area contributed by atoms with Crippen LogP contribution in [0.2, 0.25) is 0 Å². The predicted octanol–water partition coefficient (Wildman–Crippen LogP) is 4.35. The summed E-state index contributed by atoms with van der Waals surface area (Å²) in [5, 5.41) is 12.3. The van der Waals surface area contributed by atoms with Crippen molar-refractivity contribution in [1.82, 2.24) is 14.8 Å². The van der Waals surface area contributed by atoms with E-state index in [0.29, 0.717) is 11.7 Å². The highest BCUT2D eigenvalue weighted by molar-refractivity contribution is 7.99. The van der Waals surface area contributed by atoms with E-state index in [4.69, 9.17) is 0 Å². The minimum atomic E-state index is -0.0441. The number of benzene rings is 2. The molecule has 0 fully saturated rings. The van der Waals surface area contributed by atoms with Gasteiger partial charge in [-0.2, -0.15) is 0 Å². The number of fused-ring (bicyclic) bond motifs is 1. The molecule has 0 bridgehead atoms. The molecule has 0 unspecified atom stereocenters. The van der Waals surface area contributed by atoms with Gasteiger partial charge in [-0.25, -0.2) is 0 Å². The molecule has 0 atom stereocenters. The second kappa shape index (κ2) is 8.44. The molecule has 1 amide bonds. The summed E-state index contributed by atoms with van der Waals surface area (Å²) in [4.78, 5) is 12.4. The van der Waals surface area contributed by atoms with E-state index >= 15 is 0 Å². The van der Waals surface area contributed by atoms with Gasteiger partial charge < -0.3 is 5.32 Å². The highest BCUT2D eigenvalue weighted by Gasteiger charge is 2.16. The van der Waals surface area contributed by atoms with Gasteiger partial charge in [0.25, 0.3) is 0 Å². The first-order valence-electron chi connectivity index (χ1n) is 9.38. The minimum Gasteiger partial charge on any atom is -0.325 e. The molecule has 1 aliphatic carbocycles. The highest BCUT2D eigenvalue weighted by atomic mass is 32.2. The van der Waals surface area contributed by atoms with Crippen LogP contribution in [0.1, 0.15) is 17.5 Å². The van der Waals surface area contributed by atoms with E-state index in [-0.39, 0.29) is 11.7 Å². The van der Waals surface area contributed by atoms with Gasteiger partial charge in [0.05, 0.1) is 5.75 Å². The van der Waals surface area contributed by atoms with Gasteiger partial charge in [-0.3, -0.25) is 9.36 Å². The van der Waals surface area contributed by atoms with E-state index < -0.39 is 0 Å². The molecule has 142 valence electrons. The number of rotatable bonds is 7. The molecule has 0 radical (unpaired) electrons. The lowest BCUT2D eigenvalue weighted by atomic mass is 10.1. The van der Waals surface area contributed by atoms with Crippen LogP contribution in [0, 0.1) is 0 Å². The zero-order valence-electron chi connectivity index (χ0n) is 15.6. The molecule has 0 saturated heterocycles. The van der Waals surface area contributed by atoms with Gasteiger partial charge in [-0.05, 0) is 42.5 Å². The zero-order valence-corrected chi connectivity index (χ0v) is 16.4. The summed E-state index contributed by atoms with van der Waals surface area (Å²) in [7, 11) is 0. The molecular formula is C22H22N4OS. The molecule has 4 rings (SSSR count). The Balaban J connectivity index is 1.43. The Hall–Kier alpha value is -2.86. The lowest BCUT2D eigenvalue weighted by Gasteiger charge is -2.09. The van der Waals surface area contributed by atoms with Gasteiger partial charge in [0.15, 0.2) is 11.0 Å². The number of anilines is 1. The number of carbonyl (C=O) groups excluding carboxylic acids is 1. The molecule has 3 aromatic rings. The van der Waals surface area contributed by atoms with E-state index in [1.807, 2.05) is 47.0 Å². The molecule has 1 aliphatic rings. The number of nitrogens with zero attached hydrogens (tertiary/aromatic N) is 3. The van der Waals surface area contributed by atoms with E-state index in [0.717, 1.165) is 29.9 Å². The second-order valence-electron chi connectivity index (χ2n) is 6.75. The molecule has 1 N–H and O–H groups in total. The lowest BCUT2D eigenvalue weighted by Crippen LogP contribution is -2.15. The standard InChI is InChI=1S/C22H22N4OS/c1-2-13-26-21(17-7-4-3-5-8-17)24-25-22(26)28-15-20(27)23-19-12-11-16-9-6-10-18(16)14-19/h2-5,7-8,11-12,14H,1,6,9-10,13,15H2,(H,23,27). The maximum absolute atomic E-state index is 12.4. The maximum Gasteiger partial charge on any atom is 0.234 e. The van der Waals surface area contributed by atoms with Crippen LogP contribution in [0.4, 0.5) is 5.69 Å². The SMILES string of the molecule is C=CCn1c(SCC(=O)Nc2ccc3c(c2)CCC3)nnc1-c1ccccc1. The number of hydrogen-bond acceptors (Lipinski definition) is 4. The fourth-order valence-corrected chi connectivity index (χ4v) is 4.21. The van der Waals surface area contributed by atoms with Gasteiger partial charge in [-0.1, -0.05) is 54.2 Å². The Morgan fingerprint density at radius 1 is 1.14 bits per heavy atom. The molecule has 0 aliphatic heterocycles. The predicted molar refractivity (Wildman–Crippen MR) is 113 cm³/mol. The normalized spacial score (nSPS) is 12.6. The highest BCUT2D eigenvalue weighted by Crippen LogP contribution is 2.26. The summed E-state index contributed by atoms with van der Waals surface area (Å²) in [5.41, 5.74) is 4.61. The summed E-state index contributed by atoms with van der Waals surface area (Å²) in [6, 6.07) is 16.1. The fraction of sp³-hybridized carbons (Fsp3) is 0.227. The van der Waals surface area contributed by atoms with Crippen LogP contribution in [0.15, 0.2) is 66.3 Å². The first-order valence-corrected chi connectivity index (χ1v) is 10.4. The first-order chi connectivity index (χ1) is 13.7. The molecule has 5 nitrogen and oxygen atoms in total. The van der Waals surface area contributed by atoms with Crippen molar-refractivity contribution in [3.63, 3.8) is 0 Å². The summed E-state index contributed by atoms with van der Waals surface area (Å²) in [5.74, 6) is 1.01. The number of carbonyl (C=O) groups is 1. The molecule has 2 aromatic carbocycles. The van der Waals surface area contributed by atoms with Crippen molar-refractivity contribution in [2.75, 3.05) is 11.1 Å².